The zero-order chi connectivity index (χ0) is 23.4. The molecule has 2 aromatic carbocycles. The van der Waals surface area contributed by atoms with Crippen LogP contribution in [-0.2, 0) is 22.3 Å². The molecule has 0 radical (unpaired) electrons. The fraction of sp³-hybridized carbons (Fsp3) is 0.364. The molecule has 8 nitrogen and oxygen atoms in total. The molecule has 0 saturated carbocycles. The Morgan fingerprint density at radius 2 is 1.16 bits per heavy atom. The van der Waals surface area contributed by atoms with E-state index in [1.54, 1.807) is 12.1 Å². The Balaban J connectivity index is 0.000000181. The second-order valence-electron chi connectivity index (χ2n) is 7.55. The Hall–Kier alpha value is -2.52. The maximum Gasteiger partial charge on any atom is 0.405 e. The zero-order valence-electron chi connectivity index (χ0n) is 17.0. The maximum atomic E-state index is 10.8. The number of aliphatic hydroxyl groups excluding tert-OH is 2. The molecule has 0 saturated heterocycles. The summed E-state index contributed by atoms with van der Waals surface area (Å²) in [5, 5.41) is 20.6. The number of hydrogen-bond acceptors (Lipinski definition) is 6. The Morgan fingerprint density at radius 3 is 1.50 bits per heavy atom. The molecule has 0 fully saturated rings. The lowest BCUT2D eigenvalue weighted by Gasteiger charge is -2.30. The average molecular weight is 483 g/mol. The van der Waals surface area contributed by atoms with Crippen LogP contribution >= 0.6 is 23.2 Å². The van der Waals surface area contributed by atoms with Crippen molar-refractivity contribution in [2.75, 3.05) is 0 Å². The lowest BCUT2D eigenvalue weighted by Crippen LogP contribution is -2.31. The summed E-state index contributed by atoms with van der Waals surface area (Å²) in [6.45, 7) is 0. The summed E-state index contributed by atoms with van der Waals surface area (Å²) in [4.78, 5) is 21.6. The molecule has 4 rings (SSSR count). The van der Waals surface area contributed by atoms with Crippen molar-refractivity contribution in [3.63, 3.8) is 0 Å². The minimum Gasteiger partial charge on any atom is -0.439 e. The number of halogens is 2. The highest BCUT2D eigenvalue weighted by atomic mass is 35.5. The number of ether oxygens (including phenoxy) is 2. The number of primary amides is 2. The Morgan fingerprint density at radius 1 is 0.781 bits per heavy atom. The molecule has 0 bridgehead atoms. The Labute approximate surface area is 195 Å². The number of hydrogen-bond donors (Lipinski definition) is 4. The van der Waals surface area contributed by atoms with Crippen LogP contribution in [0.15, 0.2) is 36.4 Å². The molecule has 0 spiro atoms. The summed E-state index contributed by atoms with van der Waals surface area (Å²) in [7, 11) is 0. The first-order valence-corrected chi connectivity index (χ1v) is 10.8. The van der Waals surface area contributed by atoms with Crippen LogP contribution in [0.5, 0.6) is 0 Å². The van der Waals surface area contributed by atoms with Gasteiger partial charge in [0.2, 0.25) is 0 Å². The van der Waals surface area contributed by atoms with Crippen LogP contribution in [0, 0.1) is 0 Å². The third kappa shape index (κ3) is 5.45. The monoisotopic (exact) mass is 482 g/mol. The van der Waals surface area contributed by atoms with E-state index >= 15 is 0 Å². The number of benzene rings is 2. The van der Waals surface area contributed by atoms with E-state index in [4.69, 9.17) is 44.1 Å². The highest BCUT2D eigenvalue weighted by Crippen LogP contribution is 2.38. The summed E-state index contributed by atoms with van der Waals surface area (Å²) < 4.78 is 9.83. The van der Waals surface area contributed by atoms with Crippen molar-refractivity contribution < 1.29 is 29.3 Å². The third-order valence-corrected chi connectivity index (χ3v) is 6.12. The van der Waals surface area contributed by atoms with E-state index in [2.05, 4.69) is 0 Å². The standard InChI is InChI=1S/2C11H12ClNO3/c2*12-7-3-1-2-6-4-5-8(14)10(9(6)7)16-11(13)15/h2*1-3,8,10,14H,4-5H2,(H2,13,15)/t2*8-,10-/m10/s1. The molecule has 0 aromatic heterocycles. The van der Waals surface area contributed by atoms with Gasteiger partial charge in [-0.15, -0.1) is 0 Å². The van der Waals surface area contributed by atoms with Crippen molar-refractivity contribution in [1.29, 1.82) is 0 Å². The molecule has 2 aromatic rings. The molecule has 32 heavy (non-hydrogen) atoms. The number of aryl methyl sites for hydroxylation is 2. The fourth-order valence-corrected chi connectivity index (χ4v) is 4.66. The number of carbonyl (C=O) groups excluding carboxylic acids is 2. The zero-order valence-corrected chi connectivity index (χ0v) is 18.6. The molecule has 0 aliphatic heterocycles. The molecule has 2 amide bonds. The highest BCUT2D eigenvalue weighted by Gasteiger charge is 2.33. The van der Waals surface area contributed by atoms with Crippen LogP contribution in [0.25, 0.3) is 0 Å². The van der Waals surface area contributed by atoms with Crippen LogP contribution < -0.4 is 11.5 Å². The number of nitrogens with two attached hydrogens (primary N) is 2. The second-order valence-corrected chi connectivity index (χ2v) is 8.37. The predicted octanol–water partition coefficient (Wildman–Crippen LogP) is 3.57. The molecule has 2 aliphatic carbocycles. The summed E-state index contributed by atoms with van der Waals surface area (Å²) in [6, 6.07) is 10.9. The molecule has 0 unspecified atom stereocenters. The smallest absolute Gasteiger partial charge is 0.405 e. The molecule has 2 aliphatic rings. The van der Waals surface area contributed by atoms with Gasteiger partial charge in [0.15, 0.2) is 12.2 Å². The van der Waals surface area contributed by atoms with Gasteiger partial charge < -0.3 is 31.2 Å². The van der Waals surface area contributed by atoms with Gasteiger partial charge >= 0.3 is 12.2 Å². The van der Waals surface area contributed by atoms with E-state index in [1.807, 2.05) is 24.3 Å². The average Bonchev–Trinajstić information content (AvgIpc) is 2.72. The van der Waals surface area contributed by atoms with E-state index in [-0.39, 0.29) is 0 Å². The van der Waals surface area contributed by atoms with Crippen LogP contribution in [0.3, 0.4) is 0 Å². The number of rotatable bonds is 2. The lowest BCUT2D eigenvalue weighted by molar-refractivity contribution is -0.00509. The van der Waals surface area contributed by atoms with E-state index < -0.39 is 36.6 Å². The van der Waals surface area contributed by atoms with Crippen molar-refractivity contribution in [2.45, 2.75) is 50.1 Å². The summed E-state index contributed by atoms with van der Waals surface area (Å²) in [5.41, 5.74) is 13.3. The van der Waals surface area contributed by atoms with Crippen LogP contribution in [0.1, 0.15) is 47.3 Å². The largest absolute Gasteiger partial charge is 0.439 e. The van der Waals surface area contributed by atoms with Crippen molar-refractivity contribution in [3.8, 4) is 0 Å². The molecule has 10 heteroatoms. The maximum absolute atomic E-state index is 10.8. The van der Waals surface area contributed by atoms with Crippen molar-refractivity contribution in [2.24, 2.45) is 11.5 Å². The minimum absolute atomic E-state index is 0.488. The first-order chi connectivity index (χ1) is 15.2. The van der Waals surface area contributed by atoms with Gasteiger partial charge in [0.1, 0.15) is 0 Å². The van der Waals surface area contributed by atoms with Gasteiger partial charge in [0.25, 0.3) is 0 Å². The van der Waals surface area contributed by atoms with Gasteiger partial charge in [0.05, 0.1) is 12.2 Å². The topological polar surface area (TPSA) is 145 Å². The third-order valence-electron chi connectivity index (χ3n) is 5.46. The van der Waals surface area contributed by atoms with Gasteiger partial charge in [-0.2, -0.15) is 0 Å². The van der Waals surface area contributed by atoms with E-state index in [0.717, 1.165) is 24.0 Å². The van der Waals surface area contributed by atoms with E-state index in [0.29, 0.717) is 34.0 Å². The second kappa shape index (κ2) is 10.4. The summed E-state index contributed by atoms with van der Waals surface area (Å²) in [6.07, 6.45) is -2.32. The van der Waals surface area contributed by atoms with Gasteiger partial charge in [-0.25, -0.2) is 9.59 Å². The molecule has 6 N–H and O–H groups in total. The summed E-state index contributed by atoms with van der Waals surface area (Å²) >= 11 is 12.1. The Bertz CT molecular complexity index is 923. The van der Waals surface area contributed by atoms with Gasteiger partial charge in [-0.3, -0.25) is 0 Å². The molecular weight excluding hydrogens is 459 g/mol. The lowest BCUT2D eigenvalue weighted by atomic mass is 9.87. The predicted molar refractivity (Wildman–Crippen MR) is 118 cm³/mol. The van der Waals surface area contributed by atoms with Gasteiger partial charge in [0, 0.05) is 21.2 Å². The number of amides is 2. The highest BCUT2D eigenvalue weighted by molar-refractivity contribution is 6.31. The van der Waals surface area contributed by atoms with Crippen LogP contribution in [-0.4, -0.2) is 34.6 Å². The van der Waals surface area contributed by atoms with Crippen LogP contribution in [0.4, 0.5) is 9.59 Å². The molecule has 172 valence electrons. The first-order valence-electron chi connectivity index (χ1n) is 10.0. The minimum atomic E-state index is -0.906. The SMILES string of the molecule is NC(=O)O[C@@H]1c2c(Cl)cccc2CC[C@@H]1O.NC(=O)O[C@H]1c2c(Cl)cccc2CC[C@H]1O. The number of carbonyl (C=O) groups is 2. The fourth-order valence-electron chi connectivity index (χ4n) is 4.06. The van der Waals surface area contributed by atoms with Crippen molar-refractivity contribution in [3.05, 3.63) is 68.7 Å². The normalized spacial score (nSPS) is 23.6. The Kier molecular flexibility index (Phi) is 7.84. The number of fused-ring (bicyclic) bond motifs is 2. The first kappa shape index (κ1) is 24.1. The van der Waals surface area contributed by atoms with Gasteiger partial charge in [-0.1, -0.05) is 47.5 Å². The molecule has 0 heterocycles. The van der Waals surface area contributed by atoms with Gasteiger partial charge in [-0.05, 0) is 48.9 Å². The van der Waals surface area contributed by atoms with E-state index in [1.165, 1.54) is 0 Å². The summed E-state index contributed by atoms with van der Waals surface area (Å²) in [5.74, 6) is 0. The van der Waals surface area contributed by atoms with E-state index in [9.17, 15) is 19.8 Å². The van der Waals surface area contributed by atoms with Crippen molar-refractivity contribution in [1.82, 2.24) is 0 Å². The molecule has 4 atom stereocenters. The van der Waals surface area contributed by atoms with Crippen LogP contribution in [0.2, 0.25) is 10.0 Å². The molecular formula is C22H24Cl2N2O6. The quantitative estimate of drug-likeness (QED) is 0.514. The number of aliphatic hydroxyl groups is 2. The van der Waals surface area contributed by atoms with Crippen molar-refractivity contribution >= 4 is 35.4 Å².